The minimum absolute atomic E-state index is 0.0782. The zero-order valence-corrected chi connectivity index (χ0v) is 10.9. The van der Waals surface area contributed by atoms with Crippen LogP contribution in [0.3, 0.4) is 0 Å². The fraction of sp³-hybridized carbons (Fsp3) is 0.571. The molecular weight excluding hydrogens is 270 g/mol. The third-order valence-corrected chi connectivity index (χ3v) is 3.75. The Morgan fingerprint density at radius 3 is 2.70 bits per heavy atom. The first-order valence-electron chi connectivity index (χ1n) is 6.66. The van der Waals surface area contributed by atoms with Crippen molar-refractivity contribution in [2.24, 2.45) is 0 Å². The molecule has 20 heavy (non-hydrogen) atoms. The van der Waals surface area contributed by atoms with Gasteiger partial charge in [0.2, 0.25) is 0 Å². The van der Waals surface area contributed by atoms with E-state index in [0.717, 1.165) is 12.1 Å². The van der Waals surface area contributed by atoms with Gasteiger partial charge in [0.1, 0.15) is 11.9 Å². The number of ether oxygens (including phenoxy) is 3. The van der Waals surface area contributed by atoms with Crippen LogP contribution in [0.5, 0.6) is 5.75 Å². The summed E-state index contributed by atoms with van der Waals surface area (Å²) in [5.41, 5.74) is 0. The van der Waals surface area contributed by atoms with E-state index in [1.807, 2.05) is 0 Å². The van der Waals surface area contributed by atoms with Crippen LogP contribution in [0.1, 0.15) is 19.3 Å². The second-order valence-electron chi connectivity index (χ2n) is 5.15. The first kappa shape index (κ1) is 13.7. The van der Waals surface area contributed by atoms with Crippen molar-refractivity contribution in [1.29, 1.82) is 0 Å². The van der Waals surface area contributed by atoms with E-state index in [1.165, 1.54) is 6.07 Å². The van der Waals surface area contributed by atoms with Crippen LogP contribution in [-0.4, -0.2) is 36.3 Å². The largest absolute Gasteiger partial charge is 0.484 e. The topological polar surface area (TPSA) is 47.9 Å². The Morgan fingerprint density at radius 2 is 2.00 bits per heavy atom. The molecule has 1 saturated carbocycles. The molecule has 4 nitrogen and oxygen atoms in total. The van der Waals surface area contributed by atoms with Gasteiger partial charge in [0.05, 0.1) is 19.3 Å². The van der Waals surface area contributed by atoms with Crippen LogP contribution in [0, 0.1) is 11.6 Å². The van der Waals surface area contributed by atoms with Gasteiger partial charge in [-0.2, -0.15) is 0 Å². The van der Waals surface area contributed by atoms with E-state index in [-0.39, 0.29) is 5.75 Å². The highest BCUT2D eigenvalue weighted by Gasteiger charge is 2.46. The van der Waals surface area contributed by atoms with Gasteiger partial charge in [0, 0.05) is 18.9 Å². The molecule has 110 valence electrons. The fourth-order valence-electron chi connectivity index (χ4n) is 2.71. The Labute approximate surface area is 115 Å². The molecule has 1 heterocycles. The Morgan fingerprint density at radius 1 is 1.25 bits per heavy atom. The maximum atomic E-state index is 13.6. The van der Waals surface area contributed by atoms with E-state index in [0.29, 0.717) is 32.5 Å². The van der Waals surface area contributed by atoms with E-state index in [2.05, 4.69) is 0 Å². The molecule has 1 aliphatic heterocycles. The molecule has 6 heteroatoms. The molecule has 3 rings (SSSR count). The summed E-state index contributed by atoms with van der Waals surface area (Å²) in [6.07, 6.45) is -0.00188. The zero-order valence-electron chi connectivity index (χ0n) is 10.9. The van der Waals surface area contributed by atoms with Crippen molar-refractivity contribution in [1.82, 2.24) is 0 Å². The van der Waals surface area contributed by atoms with Crippen LogP contribution in [0.4, 0.5) is 8.78 Å². The highest BCUT2D eigenvalue weighted by atomic mass is 19.1. The smallest absolute Gasteiger partial charge is 0.172 e. The SMILES string of the molecule is OC1CCC2(CC1Oc1ccc(F)cc1F)OCCO2. The molecule has 1 N–H and O–H groups in total. The summed E-state index contributed by atoms with van der Waals surface area (Å²) in [5, 5.41) is 9.99. The summed E-state index contributed by atoms with van der Waals surface area (Å²) in [7, 11) is 0. The molecule has 0 radical (unpaired) electrons. The fourth-order valence-corrected chi connectivity index (χ4v) is 2.71. The maximum absolute atomic E-state index is 13.6. The lowest BCUT2D eigenvalue weighted by Crippen LogP contribution is -2.47. The van der Waals surface area contributed by atoms with Crippen molar-refractivity contribution < 1.29 is 28.1 Å². The van der Waals surface area contributed by atoms with E-state index in [1.54, 1.807) is 0 Å². The Balaban J connectivity index is 1.74. The predicted molar refractivity (Wildman–Crippen MR) is 65.3 cm³/mol. The monoisotopic (exact) mass is 286 g/mol. The van der Waals surface area contributed by atoms with Crippen LogP contribution in [0.25, 0.3) is 0 Å². The lowest BCUT2D eigenvalue weighted by Gasteiger charge is -2.38. The second-order valence-corrected chi connectivity index (χ2v) is 5.15. The van der Waals surface area contributed by atoms with Crippen molar-refractivity contribution in [2.45, 2.75) is 37.3 Å². The van der Waals surface area contributed by atoms with Gasteiger partial charge < -0.3 is 19.3 Å². The molecule has 1 aromatic rings. The third-order valence-electron chi connectivity index (χ3n) is 3.75. The summed E-state index contributed by atoms with van der Waals surface area (Å²) < 4.78 is 43.1. The van der Waals surface area contributed by atoms with Gasteiger partial charge in [-0.1, -0.05) is 0 Å². The van der Waals surface area contributed by atoms with Crippen molar-refractivity contribution in [3.8, 4) is 5.75 Å². The molecule has 0 aromatic heterocycles. The van der Waals surface area contributed by atoms with Crippen molar-refractivity contribution >= 4 is 0 Å². The zero-order chi connectivity index (χ0) is 14.2. The maximum Gasteiger partial charge on any atom is 0.172 e. The van der Waals surface area contributed by atoms with Gasteiger partial charge in [-0.3, -0.25) is 0 Å². The molecular formula is C14H16F2O4. The van der Waals surface area contributed by atoms with Gasteiger partial charge in [-0.25, -0.2) is 8.78 Å². The minimum Gasteiger partial charge on any atom is -0.484 e. The van der Waals surface area contributed by atoms with E-state index < -0.39 is 29.6 Å². The molecule has 2 unspecified atom stereocenters. The van der Waals surface area contributed by atoms with Crippen molar-refractivity contribution in [3.05, 3.63) is 29.8 Å². The van der Waals surface area contributed by atoms with Gasteiger partial charge in [-0.15, -0.1) is 0 Å². The van der Waals surface area contributed by atoms with Crippen molar-refractivity contribution in [2.75, 3.05) is 13.2 Å². The summed E-state index contributed by atoms with van der Waals surface area (Å²) in [6, 6.07) is 3.09. The Bertz CT molecular complexity index is 488. The van der Waals surface area contributed by atoms with Gasteiger partial charge in [-0.05, 0) is 18.6 Å². The number of hydrogen-bond donors (Lipinski definition) is 1. The first-order valence-corrected chi connectivity index (χ1v) is 6.66. The van der Waals surface area contributed by atoms with Crippen LogP contribution in [0.2, 0.25) is 0 Å². The van der Waals surface area contributed by atoms with Crippen LogP contribution < -0.4 is 4.74 Å². The lowest BCUT2D eigenvalue weighted by molar-refractivity contribution is -0.209. The number of benzene rings is 1. The average Bonchev–Trinajstić information content (AvgIpc) is 2.86. The molecule has 1 spiro atoms. The predicted octanol–water partition coefficient (Wildman–Crippen LogP) is 2.00. The number of aliphatic hydroxyl groups is 1. The highest BCUT2D eigenvalue weighted by molar-refractivity contribution is 5.25. The number of rotatable bonds is 2. The molecule has 0 amide bonds. The highest BCUT2D eigenvalue weighted by Crippen LogP contribution is 2.37. The van der Waals surface area contributed by atoms with Crippen molar-refractivity contribution in [3.63, 3.8) is 0 Å². The number of halogens is 2. The Hall–Kier alpha value is -1.24. The summed E-state index contributed by atoms with van der Waals surface area (Å²) >= 11 is 0. The van der Waals surface area contributed by atoms with Gasteiger partial charge in [0.25, 0.3) is 0 Å². The van der Waals surface area contributed by atoms with Crippen LogP contribution in [0.15, 0.2) is 18.2 Å². The minimum atomic E-state index is -0.787. The number of aliphatic hydroxyl groups excluding tert-OH is 1. The Kier molecular flexibility index (Phi) is 3.62. The number of hydrogen-bond acceptors (Lipinski definition) is 4. The van der Waals surface area contributed by atoms with Crippen LogP contribution >= 0.6 is 0 Å². The first-order chi connectivity index (χ1) is 9.58. The average molecular weight is 286 g/mol. The molecule has 1 aromatic carbocycles. The molecule has 2 aliphatic rings. The summed E-state index contributed by atoms with van der Waals surface area (Å²) in [6.45, 7) is 1.02. The molecule has 1 saturated heterocycles. The molecule has 2 fully saturated rings. The molecule has 0 bridgehead atoms. The van der Waals surface area contributed by atoms with Gasteiger partial charge >= 0.3 is 0 Å². The normalized spacial score (nSPS) is 28.8. The van der Waals surface area contributed by atoms with Crippen LogP contribution in [-0.2, 0) is 9.47 Å². The summed E-state index contributed by atoms with van der Waals surface area (Å²) in [4.78, 5) is 0. The summed E-state index contributed by atoms with van der Waals surface area (Å²) in [5.74, 6) is -2.27. The molecule has 2 atom stereocenters. The van der Waals surface area contributed by atoms with E-state index in [9.17, 15) is 13.9 Å². The molecule has 1 aliphatic carbocycles. The van der Waals surface area contributed by atoms with E-state index >= 15 is 0 Å². The standard InChI is InChI=1S/C14H16F2O4/c15-9-1-2-12(10(16)7-9)20-13-8-14(4-3-11(13)17)18-5-6-19-14/h1-2,7,11,13,17H,3-6,8H2. The van der Waals surface area contributed by atoms with Gasteiger partial charge in [0.15, 0.2) is 17.4 Å². The quantitative estimate of drug-likeness (QED) is 0.903. The second kappa shape index (κ2) is 5.27. The lowest BCUT2D eigenvalue weighted by atomic mass is 9.89. The van der Waals surface area contributed by atoms with E-state index in [4.69, 9.17) is 14.2 Å². The third kappa shape index (κ3) is 2.63.